The van der Waals surface area contributed by atoms with Crippen LogP contribution in [0.25, 0.3) is 0 Å². The Morgan fingerprint density at radius 1 is 1.00 bits per heavy atom. The molecule has 2 heteroatoms. The zero-order valence-corrected chi connectivity index (χ0v) is 17.3. The van der Waals surface area contributed by atoms with Crippen LogP contribution in [0.5, 0.6) is 0 Å². The maximum atomic E-state index is 5.99. The Morgan fingerprint density at radius 2 is 1.78 bits per heavy atom. The van der Waals surface area contributed by atoms with Crippen molar-refractivity contribution in [3.63, 3.8) is 0 Å². The van der Waals surface area contributed by atoms with Gasteiger partial charge in [0.15, 0.2) is 0 Å². The highest BCUT2D eigenvalue weighted by atomic mass is 16.5. The summed E-state index contributed by atoms with van der Waals surface area (Å²) in [5.74, 6) is 0.787. The smallest absolute Gasteiger partial charge is 0.119 e. The predicted octanol–water partition coefficient (Wildman–Crippen LogP) is 6.72. The molecule has 0 spiro atoms. The molecule has 0 heterocycles. The number of rotatable bonds is 13. The van der Waals surface area contributed by atoms with Crippen LogP contribution in [0, 0.1) is 0 Å². The summed E-state index contributed by atoms with van der Waals surface area (Å²) in [6, 6.07) is 0.0411. The molecule has 0 fully saturated rings. The highest BCUT2D eigenvalue weighted by Crippen LogP contribution is 2.08. The average Bonchev–Trinajstić information content (AvgIpc) is 2.66. The summed E-state index contributed by atoms with van der Waals surface area (Å²) in [7, 11) is 0. The van der Waals surface area contributed by atoms with Gasteiger partial charge < -0.3 is 10.1 Å². The van der Waals surface area contributed by atoms with Crippen LogP contribution in [0.3, 0.4) is 0 Å². The van der Waals surface area contributed by atoms with Crippen molar-refractivity contribution in [2.24, 2.45) is 0 Å². The first-order chi connectivity index (χ1) is 13.1. The third-order valence-electron chi connectivity index (χ3n) is 3.52. The molecule has 0 aromatic rings. The molecular formula is C25H35NO. The molecule has 0 bridgehead atoms. The van der Waals surface area contributed by atoms with Crippen molar-refractivity contribution < 1.29 is 4.74 Å². The van der Waals surface area contributed by atoms with E-state index in [4.69, 9.17) is 4.74 Å². The molecule has 0 rings (SSSR count). The summed E-state index contributed by atoms with van der Waals surface area (Å²) in [6.45, 7) is 16.2. The van der Waals surface area contributed by atoms with E-state index in [1.807, 2.05) is 69.4 Å². The summed E-state index contributed by atoms with van der Waals surface area (Å²) in [4.78, 5) is 0. The van der Waals surface area contributed by atoms with E-state index in [2.05, 4.69) is 49.7 Å². The van der Waals surface area contributed by atoms with Crippen LogP contribution in [0.2, 0.25) is 0 Å². The van der Waals surface area contributed by atoms with Crippen molar-refractivity contribution in [3.8, 4) is 0 Å². The lowest BCUT2D eigenvalue weighted by molar-refractivity contribution is 0.208. The highest BCUT2D eigenvalue weighted by molar-refractivity contribution is 5.30. The van der Waals surface area contributed by atoms with Crippen molar-refractivity contribution in [1.82, 2.24) is 5.32 Å². The van der Waals surface area contributed by atoms with E-state index < -0.39 is 0 Å². The van der Waals surface area contributed by atoms with Gasteiger partial charge in [-0.15, -0.1) is 0 Å². The van der Waals surface area contributed by atoms with Crippen LogP contribution in [0.1, 0.15) is 34.1 Å². The van der Waals surface area contributed by atoms with Crippen molar-refractivity contribution >= 4 is 0 Å². The van der Waals surface area contributed by atoms with E-state index in [1.54, 1.807) is 6.08 Å². The molecule has 0 aromatic carbocycles. The predicted molar refractivity (Wildman–Crippen MR) is 121 cm³/mol. The van der Waals surface area contributed by atoms with Crippen LogP contribution >= 0.6 is 0 Å². The number of nitrogens with one attached hydrogen (secondary N) is 1. The molecule has 0 aliphatic rings. The van der Waals surface area contributed by atoms with Gasteiger partial charge in [0.1, 0.15) is 12.4 Å². The minimum atomic E-state index is 0.0411. The fourth-order valence-corrected chi connectivity index (χ4v) is 2.24. The lowest BCUT2D eigenvalue weighted by atomic mass is 10.1. The van der Waals surface area contributed by atoms with Gasteiger partial charge >= 0.3 is 0 Å². The Bertz CT molecular complexity index is 639. The first kappa shape index (κ1) is 24.3. The minimum Gasteiger partial charge on any atom is -0.491 e. The van der Waals surface area contributed by atoms with Gasteiger partial charge in [0.25, 0.3) is 0 Å². The molecule has 146 valence electrons. The summed E-state index contributed by atoms with van der Waals surface area (Å²) in [5.41, 5.74) is 2.13. The van der Waals surface area contributed by atoms with Gasteiger partial charge in [-0.1, -0.05) is 73.9 Å². The molecular weight excluding hydrogens is 330 g/mol. The van der Waals surface area contributed by atoms with Crippen LogP contribution < -0.4 is 5.32 Å². The fourth-order valence-electron chi connectivity index (χ4n) is 2.24. The molecule has 27 heavy (non-hydrogen) atoms. The van der Waals surface area contributed by atoms with Crippen LogP contribution in [0.4, 0.5) is 0 Å². The molecule has 0 radical (unpaired) electrons. The lowest BCUT2D eigenvalue weighted by Crippen LogP contribution is -2.31. The van der Waals surface area contributed by atoms with E-state index in [1.165, 1.54) is 0 Å². The maximum Gasteiger partial charge on any atom is 0.119 e. The molecule has 1 atom stereocenters. The van der Waals surface area contributed by atoms with Crippen molar-refractivity contribution in [1.29, 1.82) is 0 Å². The van der Waals surface area contributed by atoms with Gasteiger partial charge in [-0.05, 0) is 57.9 Å². The molecule has 0 saturated heterocycles. The Kier molecular flexibility index (Phi) is 15.0. The number of allylic oxidation sites excluding steroid dienone is 13. The molecule has 0 aliphatic carbocycles. The van der Waals surface area contributed by atoms with E-state index in [0.717, 1.165) is 23.5 Å². The standard InChI is InChI=1S/C25H35NO/c1-7-12-13-14-15-16-20-24(19-10-4)27-21-23(18-9-3)26-25(11-5)22(6)17-8-2/h7-14,16-20,23,26H,4-5,15,21H2,1-3,6H3/b12-7+,14-13+,17-8-,18-9-,20-16-,24-19+,25-22+. The third-order valence-corrected chi connectivity index (χ3v) is 3.52. The van der Waals surface area contributed by atoms with Crippen LogP contribution in [-0.2, 0) is 4.74 Å². The first-order valence-electron chi connectivity index (χ1n) is 9.38. The molecule has 0 saturated carbocycles. The molecule has 2 nitrogen and oxygen atoms in total. The Labute approximate surface area is 166 Å². The Morgan fingerprint density at radius 3 is 2.37 bits per heavy atom. The summed E-state index contributed by atoms with van der Waals surface area (Å²) in [6.07, 6.45) is 26.7. The molecule has 0 amide bonds. The van der Waals surface area contributed by atoms with Crippen LogP contribution in [0.15, 0.2) is 109 Å². The SMILES string of the molecule is C=C/C=C(\C=C/C/C=C/C=C/C)OCC(/C=C\C)N/C(C=C)=C(C)/C=C\C. The summed E-state index contributed by atoms with van der Waals surface area (Å²) >= 11 is 0. The van der Waals surface area contributed by atoms with Gasteiger partial charge in [0.05, 0.1) is 6.04 Å². The Hall–Kier alpha value is -2.74. The van der Waals surface area contributed by atoms with Gasteiger partial charge in [-0.2, -0.15) is 0 Å². The Balaban J connectivity index is 4.99. The zero-order chi connectivity index (χ0) is 20.3. The maximum absolute atomic E-state index is 5.99. The van der Waals surface area contributed by atoms with Crippen molar-refractivity contribution in [3.05, 3.63) is 109 Å². The second-order valence-corrected chi connectivity index (χ2v) is 5.79. The van der Waals surface area contributed by atoms with E-state index in [0.29, 0.717) is 6.61 Å². The van der Waals surface area contributed by atoms with Gasteiger partial charge in [0, 0.05) is 5.70 Å². The zero-order valence-electron chi connectivity index (χ0n) is 17.3. The molecule has 0 aliphatic heterocycles. The normalized spacial score (nSPS) is 15.2. The minimum absolute atomic E-state index is 0.0411. The quantitative estimate of drug-likeness (QED) is 0.222. The molecule has 1 unspecified atom stereocenters. The van der Waals surface area contributed by atoms with Gasteiger partial charge in [-0.3, -0.25) is 0 Å². The number of hydrogen-bond donors (Lipinski definition) is 1. The summed E-state index contributed by atoms with van der Waals surface area (Å²) in [5, 5.41) is 3.48. The largest absolute Gasteiger partial charge is 0.491 e. The van der Waals surface area contributed by atoms with Crippen LogP contribution in [-0.4, -0.2) is 12.6 Å². The van der Waals surface area contributed by atoms with E-state index >= 15 is 0 Å². The second kappa shape index (κ2) is 16.7. The third kappa shape index (κ3) is 12.3. The molecule has 0 aromatic heterocycles. The monoisotopic (exact) mass is 365 g/mol. The van der Waals surface area contributed by atoms with Gasteiger partial charge in [0.2, 0.25) is 0 Å². The lowest BCUT2D eigenvalue weighted by Gasteiger charge is -2.19. The average molecular weight is 366 g/mol. The topological polar surface area (TPSA) is 21.3 Å². The van der Waals surface area contributed by atoms with Crippen molar-refractivity contribution in [2.45, 2.75) is 40.2 Å². The second-order valence-electron chi connectivity index (χ2n) is 5.79. The van der Waals surface area contributed by atoms with E-state index in [9.17, 15) is 0 Å². The van der Waals surface area contributed by atoms with Crippen molar-refractivity contribution in [2.75, 3.05) is 6.61 Å². The highest BCUT2D eigenvalue weighted by Gasteiger charge is 2.07. The summed E-state index contributed by atoms with van der Waals surface area (Å²) < 4.78 is 5.99. The van der Waals surface area contributed by atoms with Gasteiger partial charge in [-0.25, -0.2) is 0 Å². The fraction of sp³-hybridized carbons (Fsp3) is 0.280. The number of hydrogen-bond acceptors (Lipinski definition) is 2. The number of ether oxygens (including phenoxy) is 1. The first-order valence-corrected chi connectivity index (χ1v) is 9.38. The molecule has 1 N–H and O–H groups in total. The van der Waals surface area contributed by atoms with E-state index in [-0.39, 0.29) is 6.04 Å².